The Morgan fingerprint density at radius 3 is 2.50 bits per heavy atom. The van der Waals surface area contributed by atoms with Gasteiger partial charge in [0.15, 0.2) is 0 Å². The number of benzene rings is 1. The molecule has 1 aliphatic rings. The van der Waals surface area contributed by atoms with E-state index in [9.17, 15) is 0 Å². The van der Waals surface area contributed by atoms with Gasteiger partial charge in [-0.2, -0.15) is 0 Å². The molecule has 1 aromatic carbocycles. The van der Waals surface area contributed by atoms with E-state index in [1.807, 2.05) is 12.1 Å². The van der Waals surface area contributed by atoms with E-state index < -0.39 is 0 Å². The normalized spacial score (nSPS) is 16.7. The van der Waals surface area contributed by atoms with E-state index in [2.05, 4.69) is 43.4 Å². The van der Waals surface area contributed by atoms with Crippen molar-refractivity contribution in [3.8, 4) is 5.75 Å². The van der Waals surface area contributed by atoms with Gasteiger partial charge in [0.2, 0.25) is 0 Å². The van der Waals surface area contributed by atoms with Crippen LogP contribution in [0.3, 0.4) is 0 Å². The summed E-state index contributed by atoms with van der Waals surface area (Å²) in [5.74, 6) is 3.43. The SMILES string of the molecule is CC(C)Oc1ccc([C@@H](CCNCc2ccco2)C2CCCCC2)cc1. The van der Waals surface area contributed by atoms with E-state index in [1.165, 1.54) is 44.1 Å². The third-order valence-electron chi connectivity index (χ3n) is 5.41. The molecular formula is C23H33NO2. The smallest absolute Gasteiger partial charge is 0.119 e. The van der Waals surface area contributed by atoms with Crippen LogP contribution in [0.15, 0.2) is 47.1 Å². The van der Waals surface area contributed by atoms with Crippen LogP contribution in [-0.4, -0.2) is 12.6 Å². The molecule has 1 aliphatic carbocycles. The number of hydrogen-bond acceptors (Lipinski definition) is 3. The minimum absolute atomic E-state index is 0.223. The Bertz CT molecular complexity index is 612. The van der Waals surface area contributed by atoms with Crippen molar-refractivity contribution in [1.82, 2.24) is 5.32 Å². The minimum atomic E-state index is 0.223. The van der Waals surface area contributed by atoms with Crippen molar-refractivity contribution in [1.29, 1.82) is 0 Å². The number of hydrogen-bond donors (Lipinski definition) is 1. The summed E-state index contributed by atoms with van der Waals surface area (Å²) in [5, 5.41) is 3.55. The Labute approximate surface area is 158 Å². The lowest BCUT2D eigenvalue weighted by molar-refractivity contribution is 0.242. The summed E-state index contributed by atoms with van der Waals surface area (Å²) in [6.45, 7) is 5.98. The summed E-state index contributed by atoms with van der Waals surface area (Å²) in [6, 6.07) is 12.8. The molecular weight excluding hydrogens is 322 g/mol. The predicted molar refractivity (Wildman–Crippen MR) is 107 cm³/mol. The summed E-state index contributed by atoms with van der Waals surface area (Å²) in [6.07, 6.45) is 10.0. The molecule has 0 saturated heterocycles. The average molecular weight is 356 g/mol. The summed E-state index contributed by atoms with van der Waals surface area (Å²) in [7, 11) is 0. The van der Waals surface area contributed by atoms with Gasteiger partial charge in [-0.25, -0.2) is 0 Å². The zero-order valence-electron chi connectivity index (χ0n) is 16.2. The summed E-state index contributed by atoms with van der Waals surface area (Å²) in [5.41, 5.74) is 1.47. The Balaban J connectivity index is 1.60. The van der Waals surface area contributed by atoms with Gasteiger partial charge in [-0.15, -0.1) is 0 Å². The Morgan fingerprint density at radius 2 is 1.85 bits per heavy atom. The highest BCUT2D eigenvalue weighted by atomic mass is 16.5. The Morgan fingerprint density at radius 1 is 1.08 bits per heavy atom. The van der Waals surface area contributed by atoms with Crippen molar-refractivity contribution in [2.45, 2.75) is 70.9 Å². The molecule has 3 heteroatoms. The summed E-state index contributed by atoms with van der Waals surface area (Å²) in [4.78, 5) is 0. The van der Waals surface area contributed by atoms with Crippen molar-refractivity contribution in [3.63, 3.8) is 0 Å². The van der Waals surface area contributed by atoms with Gasteiger partial charge in [0.1, 0.15) is 11.5 Å². The molecule has 0 bridgehead atoms. The number of furan rings is 1. The van der Waals surface area contributed by atoms with Crippen LogP contribution in [0.4, 0.5) is 0 Å². The molecule has 1 heterocycles. The maximum absolute atomic E-state index is 5.81. The van der Waals surface area contributed by atoms with Gasteiger partial charge >= 0.3 is 0 Å². The predicted octanol–water partition coefficient (Wildman–Crippen LogP) is 5.91. The van der Waals surface area contributed by atoms with Gasteiger partial charge in [-0.1, -0.05) is 31.4 Å². The monoisotopic (exact) mass is 355 g/mol. The van der Waals surface area contributed by atoms with Gasteiger partial charge in [-0.05, 0) is 81.3 Å². The molecule has 0 amide bonds. The molecule has 142 valence electrons. The van der Waals surface area contributed by atoms with Gasteiger partial charge < -0.3 is 14.5 Å². The molecule has 1 atom stereocenters. The Kier molecular flexibility index (Phi) is 7.19. The quantitative estimate of drug-likeness (QED) is 0.568. The molecule has 2 aromatic rings. The van der Waals surface area contributed by atoms with E-state index in [0.717, 1.165) is 30.5 Å². The van der Waals surface area contributed by atoms with Crippen LogP contribution in [-0.2, 0) is 6.54 Å². The van der Waals surface area contributed by atoms with Crippen molar-refractivity contribution in [2.24, 2.45) is 5.92 Å². The number of rotatable bonds is 9. The molecule has 3 nitrogen and oxygen atoms in total. The zero-order chi connectivity index (χ0) is 18.2. The van der Waals surface area contributed by atoms with Crippen LogP contribution in [0.2, 0.25) is 0 Å². The highest BCUT2D eigenvalue weighted by Crippen LogP contribution is 2.38. The van der Waals surface area contributed by atoms with Crippen molar-refractivity contribution >= 4 is 0 Å². The first-order valence-corrected chi connectivity index (χ1v) is 10.2. The first kappa shape index (κ1) is 19.0. The van der Waals surface area contributed by atoms with E-state index in [-0.39, 0.29) is 6.10 Å². The molecule has 1 saturated carbocycles. The fourth-order valence-corrected chi connectivity index (χ4v) is 4.16. The van der Waals surface area contributed by atoms with Crippen LogP contribution in [0.5, 0.6) is 5.75 Å². The number of nitrogens with one attached hydrogen (secondary N) is 1. The first-order chi connectivity index (χ1) is 12.7. The molecule has 3 rings (SSSR count). The highest BCUT2D eigenvalue weighted by molar-refractivity contribution is 5.30. The molecule has 0 spiro atoms. The molecule has 0 radical (unpaired) electrons. The van der Waals surface area contributed by atoms with Crippen LogP contribution in [0, 0.1) is 5.92 Å². The summed E-state index contributed by atoms with van der Waals surface area (Å²) < 4.78 is 11.2. The lowest BCUT2D eigenvalue weighted by Crippen LogP contribution is -2.22. The fourth-order valence-electron chi connectivity index (χ4n) is 4.16. The van der Waals surface area contributed by atoms with E-state index in [0.29, 0.717) is 5.92 Å². The molecule has 1 N–H and O–H groups in total. The van der Waals surface area contributed by atoms with Crippen molar-refractivity contribution in [2.75, 3.05) is 6.54 Å². The summed E-state index contributed by atoms with van der Waals surface area (Å²) >= 11 is 0. The van der Waals surface area contributed by atoms with Gasteiger partial charge in [0, 0.05) is 0 Å². The second kappa shape index (κ2) is 9.82. The molecule has 1 aromatic heterocycles. The molecule has 0 unspecified atom stereocenters. The lowest BCUT2D eigenvalue weighted by Gasteiger charge is -2.31. The van der Waals surface area contributed by atoms with E-state index in [4.69, 9.17) is 9.15 Å². The van der Waals surface area contributed by atoms with Gasteiger partial charge in [0.25, 0.3) is 0 Å². The maximum atomic E-state index is 5.81. The third-order valence-corrected chi connectivity index (χ3v) is 5.41. The second-order valence-corrected chi connectivity index (χ2v) is 7.79. The average Bonchev–Trinajstić information content (AvgIpc) is 3.16. The molecule has 0 aliphatic heterocycles. The second-order valence-electron chi connectivity index (χ2n) is 7.79. The van der Waals surface area contributed by atoms with Gasteiger partial charge in [-0.3, -0.25) is 0 Å². The van der Waals surface area contributed by atoms with Crippen LogP contribution < -0.4 is 10.1 Å². The van der Waals surface area contributed by atoms with Crippen LogP contribution in [0.1, 0.15) is 69.6 Å². The molecule has 26 heavy (non-hydrogen) atoms. The van der Waals surface area contributed by atoms with Gasteiger partial charge in [0.05, 0.1) is 18.9 Å². The maximum Gasteiger partial charge on any atom is 0.119 e. The van der Waals surface area contributed by atoms with Crippen LogP contribution in [0.25, 0.3) is 0 Å². The fraction of sp³-hybridized carbons (Fsp3) is 0.565. The number of ether oxygens (including phenoxy) is 1. The van der Waals surface area contributed by atoms with Crippen LogP contribution >= 0.6 is 0 Å². The van der Waals surface area contributed by atoms with Crippen molar-refractivity contribution in [3.05, 3.63) is 54.0 Å². The standard InChI is InChI=1S/C23H33NO2/c1-18(2)26-21-12-10-20(11-13-21)23(19-7-4-3-5-8-19)14-15-24-17-22-9-6-16-25-22/h6,9-13,16,18-19,23-24H,3-5,7-8,14-15,17H2,1-2H3/t23-/m0/s1. The van der Waals surface area contributed by atoms with E-state index in [1.54, 1.807) is 6.26 Å². The highest BCUT2D eigenvalue weighted by Gasteiger charge is 2.24. The lowest BCUT2D eigenvalue weighted by atomic mass is 9.75. The topological polar surface area (TPSA) is 34.4 Å². The Hall–Kier alpha value is -1.74. The first-order valence-electron chi connectivity index (χ1n) is 10.2. The van der Waals surface area contributed by atoms with E-state index >= 15 is 0 Å². The third kappa shape index (κ3) is 5.63. The minimum Gasteiger partial charge on any atom is -0.491 e. The van der Waals surface area contributed by atoms with Crippen molar-refractivity contribution < 1.29 is 9.15 Å². The molecule has 1 fully saturated rings. The largest absolute Gasteiger partial charge is 0.491 e. The zero-order valence-corrected chi connectivity index (χ0v) is 16.2.